The van der Waals surface area contributed by atoms with Gasteiger partial charge in [-0.15, -0.1) is 0 Å². The number of carbonyl (C=O) groups excluding carboxylic acids is 1. The van der Waals surface area contributed by atoms with Gasteiger partial charge in [0.2, 0.25) is 5.88 Å². The smallest absolute Gasteiger partial charge is 0.407 e. The summed E-state index contributed by atoms with van der Waals surface area (Å²) in [7, 11) is 0.474. The van der Waals surface area contributed by atoms with Crippen molar-refractivity contribution in [2.75, 3.05) is 56.6 Å². The molecule has 0 unspecified atom stereocenters. The number of nitrogens with zero attached hydrogens (tertiary/aromatic N) is 4. The molecule has 240 valence electrons. The number of ether oxygens (including phenoxy) is 1. The molecular formula is C30H39F4N5O4Si. The molecule has 0 bridgehead atoms. The standard InChI is InChI=1S/C30H39F4N5O4Si/c1-18-16-38(10-9-37(18)2)23-14-22(31)25(19-7-6-8-39(17-19)30(41)42)26(32)27(23)36-29(40)21-15-35-24(13-20(21)28(33)34)43-11-12-44(3,4)5/h7,13-15,18,28H,6,8-12,16-17H2,1-5H3,(H,36,40)(H,41,42)/t18-/m0/s1. The van der Waals surface area contributed by atoms with Crippen LogP contribution < -0.4 is 15.0 Å². The first-order chi connectivity index (χ1) is 20.7. The van der Waals surface area contributed by atoms with E-state index in [1.165, 1.54) is 0 Å². The number of nitrogens with one attached hydrogen (secondary N) is 1. The van der Waals surface area contributed by atoms with Gasteiger partial charge in [0.15, 0.2) is 5.82 Å². The van der Waals surface area contributed by atoms with E-state index in [-0.39, 0.29) is 48.4 Å². The summed E-state index contributed by atoms with van der Waals surface area (Å²) in [4.78, 5) is 34.0. The topological polar surface area (TPSA) is 98.2 Å². The Bertz CT molecular complexity index is 1440. The first-order valence-electron chi connectivity index (χ1n) is 14.5. The third-order valence-corrected chi connectivity index (χ3v) is 9.68. The average Bonchev–Trinajstić information content (AvgIpc) is 2.95. The van der Waals surface area contributed by atoms with Crippen LogP contribution in [0.4, 0.5) is 33.7 Å². The van der Waals surface area contributed by atoms with Gasteiger partial charge in [-0.2, -0.15) is 0 Å². The lowest BCUT2D eigenvalue weighted by Gasteiger charge is -2.40. The van der Waals surface area contributed by atoms with E-state index < -0.39 is 54.8 Å². The summed E-state index contributed by atoms with van der Waals surface area (Å²) < 4.78 is 65.9. The Balaban J connectivity index is 1.73. The number of benzene rings is 1. The summed E-state index contributed by atoms with van der Waals surface area (Å²) in [5.41, 5.74) is -1.80. The fourth-order valence-electron chi connectivity index (χ4n) is 5.17. The van der Waals surface area contributed by atoms with E-state index in [1.807, 2.05) is 14.0 Å². The van der Waals surface area contributed by atoms with Gasteiger partial charge in [-0.3, -0.25) is 4.79 Å². The molecule has 4 rings (SSSR count). The molecule has 3 heterocycles. The Morgan fingerprint density at radius 3 is 2.55 bits per heavy atom. The van der Waals surface area contributed by atoms with E-state index >= 15 is 8.78 Å². The van der Waals surface area contributed by atoms with Gasteiger partial charge in [-0.05, 0) is 32.0 Å². The summed E-state index contributed by atoms with van der Waals surface area (Å²) in [6, 6.07) is 2.91. The molecule has 1 atom stereocenters. The molecule has 1 aromatic carbocycles. The van der Waals surface area contributed by atoms with Gasteiger partial charge in [0.05, 0.1) is 23.4 Å². The summed E-state index contributed by atoms with van der Waals surface area (Å²) in [6.45, 7) is 9.96. The van der Waals surface area contributed by atoms with Crippen LogP contribution in [0.15, 0.2) is 24.4 Å². The zero-order chi connectivity index (χ0) is 32.3. The molecule has 2 N–H and O–H groups in total. The van der Waals surface area contributed by atoms with E-state index in [2.05, 4.69) is 34.8 Å². The molecule has 2 aliphatic rings. The van der Waals surface area contributed by atoms with Crippen LogP contribution in [0.25, 0.3) is 5.57 Å². The number of piperazine rings is 1. The highest BCUT2D eigenvalue weighted by atomic mass is 28.3. The maximum atomic E-state index is 16.4. The molecule has 44 heavy (non-hydrogen) atoms. The zero-order valence-corrected chi connectivity index (χ0v) is 26.6. The van der Waals surface area contributed by atoms with Crippen LogP contribution in [-0.4, -0.2) is 92.4 Å². The number of carboxylic acid groups (broad SMARTS) is 1. The molecule has 1 saturated heterocycles. The number of hydrogen-bond acceptors (Lipinski definition) is 6. The lowest BCUT2D eigenvalue weighted by atomic mass is 9.97. The molecule has 2 amide bonds. The number of carbonyl (C=O) groups is 2. The Hall–Kier alpha value is -3.65. The Morgan fingerprint density at radius 1 is 1.18 bits per heavy atom. The molecular weight excluding hydrogens is 598 g/mol. The molecule has 1 aromatic heterocycles. The van der Waals surface area contributed by atoms with E-state index in [0.717, 1.165) is 29.3 Å². The van der Waals surface area contributed by atoms with Crippen LogP contribution in [0.5, 0.6) is 5.88 Å². The first kappa shape index (κ1) is 33.2. The van der Waals surface area contributed by atoms with Crippen LogP contribution in [0.1, 0.15) is 41.3 Å². The highest BCUT2D eigenvalue weighted by Gasteiger charge is 2.31. The lowest BCUT2D eigenvalue weighted by molar-refractivity contribution is 0.101. The van der Waals surface area contributed by atoms with Crippen molar-refractivity contribution in [1.82, 2.24) is 14.8 Å². The largest absolute Gasteiger partial charge is 0.478 e. The van der Waals surface area contributed by atoms with Gasteiger partial charge in [0.25, 0.3) is 12.3 Å². The molecule has 0 spiro atoms. The van der Waals surface area contributed by atoms with E-state index in [4.69, 9.17) is 4.74 Å². The van der Waals surface area contributed by atoms with Gasteiger partial charge in [-0.1, -0.05) is 25.7 Å². The summed E-state index contributed by atoms with van der Waals surface area (Å²) >= 11 is 0. The van der Waals surface area contributed by atoms with E-state index in [0.29, 0.717) is 26.2 Å². The predicted octanol–water partition coefficient (Wildman–Crippen LogP) is 6.17. The highest BCUT2D eigenvalue weighted by Crippen LogP contribution is 2.39. The highest BCUT2D eigenvalue weighted by molar-refractivity contribution is 6.76. The summed E-state index contributed by atoms with van der Waals surface area (Å²) in [5.74, 6) is -3.14. The quantitative estimate of drug-likeness (QED) is 0.251. The van der Waals surface area contributed by atoms with Crippen molar-refractivity contribution in [3.05, 3.63) is 52.7 Å². The third kappa shape index (κ3) is 7.70. The second kappa shape index (κ2) is 13.5. The van der Waals surface area contributed by atoms with Crippen molar-refractivity contribution in [2.24, 2.45) is 0 Å². The fraction of sp³-hybridized carbons (Fsp3) is 0.500. The molecule has 2 aromatic rings. The number of anilines is 2. The predicted molar refractivity (Wildman–Crippen MR) is 164 cm³/mol. The second-order valence-electron chi connectivity index (χ2n) is 12.5. The molecule has 2 aliphatic heterocycles. The van der Waals surface area contributed by atoms with Gasteiger partial charge in [-0.25, -0.2) is 27.3 Å². The minimum atomic E-state index is -3.06. The van der Waals surface area contributed by atoms with Crippen LogP contribution in [0, 0.1) is 11.6 Å². The van der Waals surface area contributed by atoms with Crippen molar-refractivity contribution in [2.45, 2.75) is 51.5 Å². The number of halogens is 4. The van der Waals surface area contributed by atoms with Crippen LogP contribution in [0.2, 0.25) is 25.7 Å². The van der Waals surface area contributed by atoms with Crippen molar-refractivity contribution in [3.63, 3.8) is 0 Å². The molecule has 14 heteroatoms. The molecule has 0 radical (unpaired) electrons. The summed E-state index contributed by atoms with van der Waals surface area (Å²) in [5, 5.41) is 11.9. The van der Waals surface area contributed by atoms with E-state index in [9.17, 15) is 23.5 Å². The maximum Gasteiger partial charge on any atom is 0.407 e. The average molecular weight is 638 g/mol. The molecule has 9 nitrogen and oxygen atoms in total. The minimum Gasteiger partial charge on any atom is -0.478 e. The Labute approximate surface area is 255 Å². The number of aromatic nitrogens is 1. The molecule has 1 fully saturated rings. The summed E-state index contributed by atoms with van der Waals surface area (Å²) in [6.07, 6.45) is -1.51. The van der Waals surface area contributed by atoms with E-state index in [1.54, 1.807) is 11.0 Å². The van der Waals surface area contributed by atoms with Crippen molar-refractivity contribution in [3.8, 4) is 5.88 Å². The van der Waals surface area contributed by atoms with Gasteiger partial charge in [0, 0.05) is 70.7 Å². The number of rotatable bonds is 9. The van der Waals surface area contributed by atoms with Crippen LogP contribution >= 0.6 is 0 Å². The van der Waals surface area contributed by atoms with Gasteiger partial charge in [0.1, 0.15) is 11.5 Å². The third-order valence-electron chi connectivity index (χ3n) is 7.97. The number of hydrogen-bond donors (Lipinski definition) is 2. The van der Waals surface area contributed by atoms with Crippen molar-refractivity contribution in [1.29, 1.82) is 0 Å². The first-order valence-corrected chi connectivity index (χ1v) is 18.2. The SMILES string of the molecule is C[C@H]1CN(c2cc(F)c(C3=CCCN(C(=O)O)C3)c(F)c2NC(=O)c2cnc(OCC[Si](C)(C)C)cc2C(F)F)CCN1C. The fourth-order valence-corrected chi connectivity index (χ4v) is 5.88. The Morgan fingerprint density at radius 2 is 1.91 bits per heavy atom. The lowest BCUT2D eigenvalue weighted by Crippen LogP contribution is -2.50. The van der Waals surface area contributed by atoms with Crippen LogP contribution in [0.3, 0.4) is 0 Å². The molecule has 0 saturated carbocycles. The zero-order valence-electron chi connectivity index (χ0n) is 25.6. The van der Waals surface area contributed by atoms with Crippen molar-refractivity contribution < 1.29 is 37.0 Å². The van der Waals surface area contributed by atoms with Crippen LogP contribution in [-0.2, 0) is 0 Å². The Kier molecular flexibility index (Phi) is 10.2. The van der Waals surface area contributed by atoms with Crippen molar-refractivity contribution >= 4 is 37.0 Å². The normalized spacial score (nSPS) is 18.0. The molecule has 0 aliphatic carbocycles. The number of pyridine rings is 1. The minimum absolute atomic E-state index is 0.0198. The number of amides is 2. The monoisotopic (exact) mass is 637 g/mol. The second-order valence-corrected chi connectivity index (χ2v) is 18.1. The maximum absolute atomic E-state index is 16.4. The number of alkyl halides is 2. The van der Waals surface area contributed by atoms with Gasteiger partial charge < -0.3 is 29.9 Å². The number of likely N-dealkylation sites (N-methyl/N-ethyl adjacent to an activating group) is 1. The van der Waals surface area contributed by atoms with Gasteiger partial charge >= 0.3 is 6.09 Å².